The van der Waals surface area contributed by atoms with Gasteiger partial charge in [-0.1, -0.05) is 0 Å². The summed E-state index contributed by atoms with van der Waals surface area (Å²) < 4.78 is 56.0. The van der Waals surface area contributed by atoms with Crippen LogP contribution in [0.25, 0.3) is 11.0 Å². The number of rotatable bonds is 2. The van der Waals surface area contributed by atoms with Crippen LogP contribution < -0.4 is 0 Å². The van der Waals surface area contributed by atoms with Crippen LogP contribution in [-0.2, 0) is 6.54 Å². The van der Waals surface area contributed by atoms with Crippen LogP contribution >= 0.6 is 22.6 Å². The molecular formula is C14H8F4IN3. The minimum atomic E-state index is -1.27. The summed E-state index contributed by atoms with van der Waals surface area (Å²) in [7, 11) is 0. The first-order valence-corrected chi connectivity index (χ1v) is 7.28. The first-order chi connectivity index (χ1) is 10.4. The normalized spacial score (nSPS) is 11.4. The predicted molar refractivity (Wildman–Crippen MR) is 80.4 cm³/mol. The molecule has 2 aromatic heterocycles. The van der Waals surface area contributed by atoms with Gasteiger partial charge in [0.15, 0.2) is 17.3 Å². The van der Waals surface area contributed by atoms with E-state index in [1.54, 1.807) is 0 Å². The number of aromatic nitrogens is 3. The highest BCUT2D eigenvalue weighted by atomic mass is 127. The summed E-state index contributed by atoms with van der Waals surface area (Å²) >= 11 is 1.87. The van der Waals surface area contributed by atoms with E-state index in [9.17, 15) is 17.6 Å². The Kier molecular flexibility index (Phi) is 3.79. The van der Waals surface area contributed by atoms with Crippen LogP contribution in [0.1, 0.15) is 11.3 Å². The van der Waals surface area contributed by atoms with Gasteiger partial charge >= 0.3 is 0 Å². The minimum absolute atomic E-state index is 0.144. The average molecular weight is 421 g/mol. The lowest BCUT2D eigenvalue weighted by Gasteiger charge is -2.07. The molecule has 3 rings (SSSR count). The lowest BCUT2D eigenvalue weighted by Crippen LogP contribution is -2.08. The van der Waals surface area contributed by atoms with Crippen molar-refractivity contribution in [1.29, 1.82) is 0 Å². The molecule has 3 aromatic rings. The van der Waals surface area contributed by atoms with E-state index >= 15 is 0 Å². The van der Waals surface area contributed by atoms with Gasteiger partial charge in [0, 0.05) is 5.56 Å². The standard InChI is InChI=1S/C14H8F4IN3/c1-6-11(17)4-7-13(19)21-22(14(7)20-6)5-8-9(15)2-3-10(16)12(8)18/h2-4H,5H2,1H3. The number of hydrogen-bond acceptors (Lipinski definition) is 2. The minimum Gasteiger partial charge on any atom is -0.242 e. The number of nitrogens with zero attached hydrogens (tertiary/aromatic N) is 3. The lowest BCUT2D eigenvalue weighted by molar-refractivity contribution is 0.471. The molecule has 0 saturated heterocycles. The predicted octanol–water partition coefficient (Wildman–Crippen LogP) is 3.95. The monoisotopic (exact) mass is 421 g/mol. The van der Waals surface area contributed by atoms with Crippen molar-refractivity contribution in [3.05, 3.63) is 56.4 Å². The summed E-state index contributed by atoms with van der Waals surface area (Å²) in [6, 6.07) is 2.83. The molecule has 0 saturated carbocycles. The Morgan fingerprint density at radius 1 is 1.09 bits per heavy atom. The van der Waals surface area contributed by atoms with Gasteiger partial charge in [-0.25, -0.2) is 27.2 Å². The van der Waals surface area contributed by atoms with E-state index in [1.165, 1.54) is 17.7 Å². The molecule has 0 atom stereocenters. The maximum absolute atomic E-state index is 13.8. The molecule has 0 N–H and O–H groups in total. The van der Waals surface area contributed by atoms with Crippen molar-refractivity contribution in [2.24, 2.45) is 0 Å². The van der Waals surface area contributed by atoms with Gasteiger partial charge in [-0.2, -0.15) is 5.10 Å². The van der Waals surface area contributed by atoms with Gasteiger partial charge in [0.2, 0.25) is 0 Å². The van der Waals surface area contributed by atoms with Gasteiger partial charge in [-0.05, 0) is 47.7 Å². The molecule has 8 heteroatoms. The highest BCUT2D eigenvalue weighted by molar-refractivity contribution is 14.1. The molecule has 0 fully saturated rings. The Morgan fingerprint density at radius 2 is 1.77 bits per heavy atom. The Balaban J connectivity index is 2.16. The molecule has 2 heterocycles. The van der Waals surface area contributed by atoms with Crippen molar-refractivity contribution < 1.29 is 17.6 Å². The Morgan fingerprint density at radius 3 is 2.50 bits per heavy atom. The molecule has 0 bridgehead atoms. The van der Waals surface area contributed by atoms with Gasteiger partial charge in [-0.3, -0.25) is 0 Å². The zero-order valence-electron chi connectivity index (χ0n) is 11.2. The molecule has 1 aromatic carbocycles. The summed E-state index contributed by atoms with van der Waals surface area (Å²) in [6.45, 7) is 1.13. The van der Waals surface area contributed by atoms with Crippen LogP contribution in [0.4, 0.5) is 17.6 Å². The molecular weight excluding hydrogens is 413 g/mol. The number of hydrogen-bond donors (Lipinski definition) is 0. The van der Waals surface area contributed by atoms with Crippen LogP contribution in [0.15, 0.2) is 18.2 Å². The molecule has 0 radical (unpaired) electrons. The van der Waals surface area contributed by atoms with Gasteiger partial charge in [-0.15, -0.1) is 0 Å². The summed E-state index contributed by atoms with van der Waals surface area (Å²) in [5.41, 5.74) is -0.0267. The average Bonchev–Trinajstić information content (AvgIpc) is 2.76. The van der Waals surface area contributed by atoms with Gasteiger partial charge in [0.25, 0.3) is 0 Å². The van der Waals surface area contributed by atoms with Gasteiger partial charge < -0.3 is 0 Å². The van der Waals surface area contributed by atoms with Gasteiger partial charge in [0.05, 0.1) is 17.6 Å². The van der Waals surface area contributed by atoms with E-state index in [0.717, 1.165) is 12.1 Å². The first kappa shape index (κ1) is 15.2. The maximum atomic E-state index is 13.8. The van der Waals surface area contributed by atoms with Crippen LogP contribution in [0.2, 0.25) is 0 Å². The summed E-state index contributed by atoms with van der Waals surface area (Å²) in [5.74, 6) is -3.78. The fraction of sp³-hybridized carbons (Fsp3) is 0.143. The third-order valence-corrected chi connectivity index (χ3v) is 4.05. The van der Waals surface area contributed by atoms with E-state index < -0.39 is 28.8 Å². The molecule has 0 spiro atoms. The Labute approximate surface area is 136 Å². The summed E-state index contributed by atoms with van der Waals surface area (Å²) in [6.07, 6.45) is 0. The van der Waals surface area contributed by atoms with Crippen LogP contribution in [0, 0.1) is 33.9 Å². The first-order valence-electron chi connectivity index (χ1n) is 6.20. The third kappa shape index (κ3) is 2.44. The molecule has 114 valence electrons. The van der Waals surface area contributed by atoms with Crippen molar-refractivity contribution >= 4 is 33.6 Å². The number of pyridine rings is 1. The van der Waals surface area contributed by atoms with Gasteiger partial charge in [0.1, 0.15) is 15.3 Å². The van der Waals surface area contributed by atoms with E-state index in [-0.39, 0.29) is 17.9 Å². The Hall–Kier alpha value is -1.71. The second-order valence-electron chi connectivity index (χ2n) is 4.70. The maximum Gasteiger partial charge on any atom is 0.166 e. The van der Waals surface area contributed by atoms with Crippen molar-refractivity contribution in [2.45, 2.75) is 13.5 Å². The quantitative estimate of drug-likeness (QED) is 0.357. The molecule has 0 aliphatic carbocycles. The van der Waals surface area contributed by atoms with Crippen molar-refractivity contribution in [3.8, 4) is 0 Å². The fourth-order valence-corrected chi connectivity index (χ4v) is 2.76. The topological polar surface area (TPSA) is 30.7 Å². The molecule has 0 aliphatic rings. The fourth-order valence-electron chi connectivity index (χ4n) is 2.10. The van der Waals surface area contributed by atoms with Crippen molar-refractivity contribution in [3.63, 3.8) is 0 Å². The number of aryl methyl sites for hydroxylation is 1. The van der Waals surface area contributed by atoms with Crippen molar-refractivity contribution in [1.82, 2.24) is 14.8 Å². The lowest BCUT2D eigenvalue weighted by atomic mass is 10.2. The third-order valence-electron chi connectivity index (χ3n) is 3.25. The summed E-state index contributed by atoms with van der Waals surface area (Å²) in [5, 5.41) is 4.53. The van der Waals surface area contributed by atoms with E-state index in [4.69, 9.17) is 0 Å². The molecule has 3 nitrogen and oxygen atoms in total. The largest absolute Gasteiger partial charge is 0.242 e. The number of fused-ring (bicyclic) bond motifs is 1. The Bertz CT molecular complexity index is 892. The molecule has 0 aliphatic heterocycles. The second-order valence-corrected chi connectivity index (χ2v) is 5.72. The zero-order valence-corrected chi connectivity index (χ0v) is 13.3. The van der Waals surface area contributed by atoms with E-state index in [1.807, 2.05) is 22.6 Å². The SMILES string of the molecule is Cc1nc2c(cc1F)c(I)nn2Cc1c(F)ccc(F)c1F. The van der Waals surface area contributed by atoms with Crippen molar-refractivity contribution in [2.75, 3.05) is 0 Å². The number of halogens is 5. The van der Waals surface area contributed by atoms with E-state index in [2.05, 4.69) is 10.1 Å². The van der Waals surface area contributed by atoms with Crippen LogP contribution in [0.3, 0.4) is 0 Å². The number of benzene rings is 1. The second kappa shape index (κ2) is 5.49. The molecule has 0 amide bonds. The molecule has 0 unspecified atom stereocenters. The highest BCUT2D eigenvalue weighted by Crippen LogP contribution is 2.23. The van der Waals surface area contributed by atoms with E-state index in [0.29, 0.717) is 9.09 Å². The molecule has 22 heavy (non-hydrogen) atoms. The highest BCUT2D eigenvalue weighted by Gasteiger charge is 2.18. The zero-order chi connectivity index (χ0) is 16.0. The summed E-state index contributed by atoms with van der Waals surface area (Å²) in [4.78, 5) is 4.06. The smallest absolute Gasteiger partial charge is 0.166 e. The van der Waals surface area contributed by atoms with Crippen LogP contribution in [-0.4, -0.2) is 14.8 Å². The van der Waals surface area contributed by atoms with Crippen LogP contribution in [0.5, 0.6) is 0 Å².